The monoisotopic (exact) mass is 265 g/mol. The van der Waals surface area contributed by atoms with E-state index >= 15 is 0 Å². The van der Waals surface area contributed by atoms with Gasteiger partial charge in [-0.2, -0.15) is 0 Å². The van der Waals surface area contributed by atoms with Gasteiger partial charge in [-0.3, -0.25) is 0 Å². The lowest BCUT2D eigenvalue weighted by atomic mass is 9.76. The van der Waals surface area contributed by atoms with Gasteiger partial charge in [-0.05, 0) is 63.8 Å². The number of nitrogens with one attached hydrogen (secondary N) is 1. The van der Waals surface area contributed by atoms with Gasteiger partial charge in [0.2, 0.25) is 0 Å². The number of hydrogen-bond donors (Lipinski definition) is 1. The van der Waals surface area contributed by atoms with Crippen LogP contribution in [0.2, 0.25) is 0 Å². The van der Waals surface area contributed by atoms with E-state index in [1.54, 1.807) is 0 Å². The molecule has 19 heavy (non-hydrogen) atoms. The normalized spacial score (nSPS) is 33.9. The van der Waals surface area contributed by atoms with E-state index in [1.165, 1.54) is 77.2 Å². The average molecular weight is 265 g/mol. The van der Waals surface area contributed by atoms with E-state index in [1.807, 2.05) is 0 Å². The lowest BCUT2D eigenvalue weighted by Gasteiger charge is -2.46. The summed E-state index contributed by atoms with van der Waals surface area (Å²) in [5.41, 5.74) is 0.266. The van der Waals surface area contributed by atoms with Crippen molar-refractivity contribution in [2.45, 2.75) is 95.3 Å². The Hall–Kier alpha value is -0.0800. The molecule has 1 N–H and O–H groups in total. The van der Waals surface area contributed by atoms with Gasteiger partial charge in [-0.25, -0.2) is 0 Å². The lowest BCUT2D eigenvalue weighted by molar-refractivity contribution is -0.155. The van der Waals surface area contributed by atoms with Gasteiger partial charge in [0.1, 0.15) is 0 Å². The standard InChI is InChI=1S/C17H31NO/c1-2-14-5-3-6-16(13-14)19-17(9-4-10-17)11-12-18-15-7-8-15/h14-16,18H,2-13H2,1H3. The molecule has 3 fully saturated rings. The molecule has 0 spiro atoms. The summed E-state index contributed by atoms with van der Waals surface area (Å²) in [6.45, 7) is 3.51. The van der Waals surface area contributed by atoms with Crippen LogP contribution in [0.5, 0.6) is 0 Å². The molecule has 3 rings (SSSR count). The first kappa shape index (κ1) is 13.9. The minimum Gasteiger partial charge on any atom is -0.372 e. The Labute approximate surface area is 118 Å². The molecule has 0 aromatic rings. The summed E-state index contributed by atoms with van der Waals surface area (Å²) < 4.78 is 6.61. The summed E-state index contributed by atoms with van der Waals surface area (Å²) in [6, 6.07) is 0.844. The van der Waals surface area contributed by atoms with Crippen LogP contribution in [-0.2, 0) is 4.74 Å². The second-order valence-corrected chi connectivity index (χ2v) is 7.20. The fourth-order valence-electron chi connectivity index (χ4n) is 3.86. The van der Waals surface area contributed by atoms with Crippen LogP contribution in [0.15, 0.2) is 0 Å². The first-order valence-corrected chi connectivity index (χ1v) is 8.71. The van der Waals surface area contributed by atoms with Crippen molar-refractivity contribution >= 4 is 0 Å². The molecule has 110 valence electrons. The molecule has 2 atom stereocenters. The van der Waals surface area contributed by atoms with E-state index in [9.17, 15) is 0 Å². The maximum Gasteiger partial charge on any atom is 0.0698 e. The van der Waals surface area contributed by atoms with Crippen molar-refractivity contribution < 1.29 is 4.74 Å². The Bertz CT molecular complexity index is 283. The number of rotatable bonds is 7. The van der Waals surface area contributed by atoms with Crippen LogP contribution in [0.1, 0.15) is 77.6 Å². The predicted molar refractivity (Wildman–Crippen MR) is 79.3 cm³/mol. The SMILES string of the molecule is CCC1CCCC(OC2(CCNC3CC3)CCC2)C1. The minimum absolute atomic E-state index is 0.266. The molecule has 0 saturated heterocycles. The van der Waals surface area contributed by atoms with Crippen molar-refractivity contribution in [2.24, 2.45) is 5.92 Å². The molecule has 3 saturated carbocycles. The van der Waals surface area contributed by atoms with E-state index in [-0.39, 0.29) is 5.60 Å². The summed E-state index contributed by atoms with van der Waals surface area (Å²) >= 11 is 0. The Balaban J connectivity index is 1.44. The predicted octanol–water partition coefficient (Wildman–Crippen LogP) is 4.04. The van der Waals surface area contributed by atoms with Gasteiger partial charge >= 0.3 is 0 Å². The fourth-order valence-corrected chi connectivity index (χ4v) is 3.86. The van der Waals surface area contributed by atoms with Gasteiger partial charge in [0, 0.05) is 6.04 Å². The number of ether oxygens (including phenoxy) is 1. The highest BCUT2D eigenvalue weighted by Crippen LogP contribution is 2.42. The van der Waals surface area contributed by atoms with Crippen LogP contribution < -0.4 is 5.32 Å². The molecule has 2 unspecified atom stereocenters. The zero-order chi connectivity index (χ0) is 13.1. The van der Waals surface area contributed by atoms with E-state index in [2.05, 4.69) is 12.2 Å². The highest BCUT2D eigenvalue weighted by Gasteiger charge is 2.40. The van der Waals surface area contributed by atoms with Crippen LogP contribution in [0, 0.1) is 5.92 Å². The van der Waals surface area contributed by atoms with E-state index in [4.69, 9.17) is 4.74 Å². The summed E-state index contributed by atoms with van der Waals surface area (Å²) in [5, 5.41) is 3.66. The van der Waals surface area contributed by atoms with E-state index in [0.717, 1.165) is 12.0 Å². The molecule has 2 nitrogen and oxygen atoms in total. The number of hydrogen-bond acceptors (Lipinski definition) is 2. The van der Waals surface area contributed by atoms with Crippen molar-refractivity contribution in [3.05, 3.63) is 0 Å². The molecule has 0 heterocycles. The van der Waals surface area contributed by atoms with Crippen LogP contribution >= 0.6 is 0 Å². The second-order valence-electron chi connectivity index (χ2n) is 7.20. The molecule has 0 bridgehead atoms. The minimum atomic E-state index is 0.266. The Kier molecular flexibility index (Phi) is 4.48. The molecule has 0 aromatic carbocycles. The lowest BCUT2D eigenvalue weighted by Crippen LogP contribution is -2.46. The summed E-state index contributed by atoms with van der Waals surface area (Å²) in [6.07, 6.45) is 15.4. The van der Waals surface area contributed by atoms with Gasteiger partial charge < -0.3 is 10.1 Å². The van der Waals surface area contributed by atoms with Gasteiger partial charge in [0.15, 0.2) is 0 Å². The third kappa shape index (κ3) is 3.72. The van der Waals surface area contributed by atoms with E-state index in [0.29, 0.717) is 6.10 Å². The summed E-state index contributed by atoms with van der Waals surface area (Å²) in [5.74, 6) is 0.931. The van der Waals surface area contributed by atoms with Crippen molar-refractivity contribution in [2.75, 3.05) is 6.54 Å². The van der Waals surface area contributed by atoms with Crippen LogP contribution in [0.25, 0.3) is 0 Å². The maximum absolute atomic E-state index is 6.61. The van der Waals surface area contributed by atoms with Crippen LogP contribution in [-0.4, -0.2) is 24.3 Å². The topological polar surface area (TPSA) is 21.3 Å². The maximum atomic E-state index is 6.61. The van der Waals surface area contributed by atoms with Crippen molar-refractivity contribution in [1.29, 1.82) is 0 Å². The molecular formula is C17H31NO. The molecule has 0 aliphatic heterocycles. The van der Waals surface area contributed by atoms with Gasteiger partial charge in [-0.1, -0.05) is 26.2 Å². The van der Waals surface area contributed by atoms with Crippen molar-refractivity contribution in [3.63, 3.8) is 0 Å². The van der Waals surface area contributed by atoms with Gasteiger partial charge in [0.05, 0.1) is 11.7 Å². The van der Waals surface area contributed by atoms with E-state index < -0.39 is 0 Å². The van der Waals surface area contributed by atoms with Crippen LogP contribution in [0.4, 0.5) is 0 Å². The molecule has 0 radical (unpaired) electrons. The van der Waals surface area contributed by atoms with Gasteiger partial charge in [-0.15, -0.1) is 0 Å². The molecule has 0 aromatic heterocycles. The third-order valence-electron chi connectivity index (χ3n) is 5.58. The summed E-state index contributed by atoms with van der Waals surface area (Å²) in [4.78, 5) is 0. The third-order valence-corrected chi connectivity index (χ3v) is 5.58. The highest BCUT2D eigenvalue weighted by molar-refractivity contribution is 4.93. The Morgan fingerprint density at radius 3 is 2.58 bits per heavy atom. The average Bonchev–Trinajstić information content (AvgIpc) is 3.20. The zero-order valence-electron chi connectivity index (χ0n) is 12.6. The zero-order valence-corrected chi connectivity index (χ0v) is 12.6. The van der Waals surface area contributed by atoms with Gasteiger partial charge in [0.25, 0.3) is 0 Å². The quantitative estimate of drug-likeness (QED) is 0.750. The Morgan fingerprint density at radius 1 is 1.11 bits per heavy atom. The molecule has 3 aliphatic rings. The second kappa shape index (κ2) is 6.13. The highest BCUT2D eigenvalue weighted by atomic mass is 16.5. The van der Waals surface area contributed by atoms with Crippen molar-refractivity contribution in [1.82, 2.24) is 5.32 Å². The molecule has 3 aliphatic carbocycles. The molecule has 2 heteroatoms. The van der Waals surface area contributed by atoms with Crippen molar-refractivity contribution in [3.8, 4) is 0 Å². The first-order chi connectivity index (χ1) is 9.30. The fraction of sp³-hybridized carbons (Fsp3) is 1.00. The first-order valence-electron chi connectivity index (χ1n) is 8.71. The molecule has 0 amide bonds. The molecular weight excluding hydrogens is 234 g/mol. The Morgan fingerprint density at radius 2 is 1.95 bits per heavy atom. The smallest absolute Gasteiger partial charge is 0.0698 e. The largest absolute Gasteiger partial charge is 0.372 e. The summed E-state index contributed by atoms with van der Waals surface area (Å²) in [7, 11) is 0. The van der Waals surface area contributed by atoms with Crippen LogP contribution in [0.3, 0.4) is 0 Å².